The molecule has 0 radical (unpaired) electrons. The van der Waals surface area contributed by atoms with Gasteiger partial charge in [-0.15, -0.1) is 0 Å². The van der Waals surface area contributed by atoms with Crippen LogP contribution in [0.1, 0.15) is 72.1 Å². The zero-order chi connectivity index (χ0) is 24.8. The first-order valence-corrected chi connectivity index (χ1v) is 13.2. The summed E-state index contributed by atoms with van der Waals surface area (Å²) in [5, 5.41) is 0.213. The minimum Gasteiger partial charge on any atom is -0.444 e. The Morgan fingerprint density at radius 3 is 2.53 bits per heavy atom. The van der Waals surface area contributed by atoms with Gasteiger partial charge < -0.3 is 9.64 Å². The summed E-state index contributed by atoms with van der Waals surface area (Å²) in [5.41, 5.74) is 3.12. The molecule has 2 aliphatic heterocycles. The molecule has 1 aliphatic carbocycles. The van der Waals surface area contributed by atoms with Gasteiger partial charge in [-0.2, -0.15) is 4.98 Å². The Hall–Kier alpha value is -1.93. The number of anilines is 1. The van der Waals surface area contributed by atoms with Crippen molar-refractivity contribution in [3.63, 3.8) is 0 Å². The summed E-state index contributed by atoms with van der Waals surface area (Å²) in [5.74, 6) is 0.803. The highest BCUT2D eigenvalue weighted by Crippen LogP contribution is 2.41. The predicted octanol–water partition coefficient (Wildman–Crippen LogP) is 6.11. The van der Waals surface area contributed by atoms with Crippen LogP contribution in [0, 0.1) is 0 Å². The van der Waals surface area contributed by atoms with Crippen molar-refractivity contribution in [2.24, 2.45) is 4.99 Å². The second-order valence-corrected chi connectivity index (χ2v) is 11.4. The molecule has 2 fully saturated rings. The number of amides is 1. The Morgan fingerprint density at radius 1 is 1.32 bits per heavy atom. The smallest absolute Gasteiger partial charge is 0.410 e. The Bertz CT molecular complexity index is 1060. The third-order valence-corrected chi connectivity index (χ3v) is 7.29. The average Bonchev–Trinajstić information content (AvgIpc) is 3.02. The largest absolute Gasteiger partial charge is 0.444 e. The number of nitrogens with zero attached hydrogens (tertiary/aromatic N) is 5. The van der Waals surface area contributed by atoms with E-state index in [1.54, 1.807) is 0 Å². The lowest BCUT2D eigenvalue weighted by molar-refractivity contribution is 0.0122. The van der Waals surface area contributed by atoms with Crippen LogP contribution in [0.5, 0.6) is 0 Å². The predicted molar refractivity (Wildman–Crippen MR) is 142 cm³/mol. The summed E-state index contributed by atoms with van der Waals surface area (Å²) in [6, 6.07) is 0.342. The molecule has 7 nitrogen and oxygen atoms in total. The van der Waals surface area contributed by atoms with E-state index in [9.17, 15) is 4.79 Å². The zero-order valence-electron chi connectivity index (χ0n) is 20.7. The number of hydrogen-bond acceptors (Lipinski definition) is 6. The molecule has 4 rings (SSSR count). The number of aliphatic imine (C=N–C) groups is 1. The fourth-order valence-electron chi connectivity index (χ4n) is 4.88. The molecule has 0 saturated carbocycles. The fourth-order valence-corrected chi connectivity index (χ4v) is 5.58. The second kappa shape index (κ2) is 9.61. The molecular weight excluding hydrogens is 518 g/mol. The lowest BCUT2D eigenvalue weighted by atomic mass is 9.93. The molecule has 0 N–H and O–H groups in total. The van der Waals surface area contributed by atoms with E-state index in [0.717, 1.165) is 52.1 Å². The van der Waals surface area contributed by atoms with Crippen molar-refractivity contribution in [2.45, 2.75) is 84.5 Å². The first-order valence-electron chi connectivity index (χ1n) is 12.0. The molecule has 2 saturated heterocycles. The number of halogens is 2. The quantitative estimate of drug-likeness (QED) is 0.425. The monoisotopic (exact) mass is 549 g/mol. The van der Waals surface area contributed by atoms with Crippen LogP contribution in [0.3, 0.4) is 0 Å². The highest BCUT2D eigenvalue weighted by Gasteiger charge is 2.45. The van der Waals surface area contributed by atoms with Gasteiger partial charge in [0.05, 0.1) is 29.1 Å². The maximum Gasteiger partial charge on any atom is 0.410 e. The number of hydrogen-bond donors (Lipinski definition) is 0. The molecule has 9 heteroatoms. The van der Waals surface area contributed by atoms with Crippen LogP contribution in [0.15, 0.2) is 15.6 Å². The molecule has 3 aliphatic rings. The van der Waals surface area contributed by atoms with Crippen molar-refractivity contribution in [2.75, 3.05) is 18.0 Å². The van der Waals surface area contributed by atoms with Gasteiger partial charge in [-0.05, 0) is 87.5 Å². The summed E-state index contributed by atoms with van der Waals surface area (Å²) < 4.78 is 6.59. The van der Waals surface area contributed by atoms with Gasteiger partial charge in [0.1, 0.15) is 11.4 Å². The molecule has 0 aromatic carbocycles. The van der Waals surface area contributed by atoms with E-state index in [1.165, 1.54) is 0 Å². The van der Waals surface area contributed by atoms with Gasteiger partial charge in [-0.1, -0.05) is 13.0 Å². The molecule has 3 unspecified atom stereocenters. The highest BCUT2D eigenvalue weighted by atomic mass is 79.9. The minimum absolute atomic E-state index is 0.0752. The van der Waals surface area contributed by atoms with Gasteiger partial charge in [0.15, 0.2) is 0 Å². The number of carbonyl (C=O) groups is 1. The average molecular weight is 551 g/mol. The standard InChI is InChI=1S/C25H33BrClN5O2/c1-7-14(3)28-21-17(8-2)20-19(11-18(21)26)29-23(27)30-22(20)31-12-15-9-10-16(13-31)32(15)24(33)34-25(4,5)6/h8,11,14-16H,7,9-10,12-13H2,1-6H3/b17-8-,28-21?. The molecule has 2 bridgehead atoms. The SMILES string of the molecule is C/C=C1\C(=NC(C)CC)C(Br)=Cc2nc(Cl)nc(N3CC4CCC(C3)N4C(=O)OC(C)(C)C)c21. The number of carbonyl (C=O) groups excluding carboxylic acids is 1. The number of piperazine rings is 1. The maximum absolute atomic E-state index is 12.9. The zero-order valence-corrected chi connectivity index (χ0v) is 23.1. The lowest BCUT2D eigenvalue weighted by Crippen LogP contribution is -2.57. The van der Waals surface area contributed by atoms with Crippen LogP contribution in [0.2, 0.25) is 5.28 Å². The third kappa shape index (κ3) is 4.89. The maximum atomic E-state index is 12.9. The summed E-state index contributed by atoms with van der Waals surface area (Å²) >= 11 is 10.1. The first kappa shape index (κ1) is 25.2. The summed E-state index contributed by atoms with van der Waals surface area (Å²) in [6.07, 6.45) is 6.67. The van der Waals surface area contributed by atoms with E-state index < -0.39 is 5.60 Å². The molecule has 3 heterocycles. The Kier molecular flexibility index (Phi) is 7.11. The number of allylic oxidation sites excluding steroid dienone is 3. The summed E-state index contributed by atoms with van der Waals surface area (Å²) in [6.45, 7) is 13.3. The molecule has 1 aromatic heterocycles. The lowest BCUT2D eigenvalue weighted by Gasteiger charge is -2.42. The van der Waals surface area contributed by atoms with Crippen molar-refractivity contribution in [3.8, 4) is 0 Å². The Morgan fingerprint density at radius 2 is 1.97 bits per heavy atom. The highest BCUT2D eigenvalue weighted by molar-refractivity contribution is 9.12. The van der Waals surface area contributed by atoms with Crippen LogP contribution in [0.4, 0.5) is 10.6 Å². The minimum atomic E-state index is -0.515. The molecular formula is C25H33BrClN5O2. The molecule has 34 heavy (non-hydrogen) atoms. The van der Waals surface area contributed by atoms with Gasteiger partial charge in [0.2, 0.25) is 5.28 Å². The number of fused-ring (bicyclic) bond motifs is 3. The molecule has 184 valence electrons. The van der Waals surface area contributed by atoms with Crippen LogP contribution in [-0.2, 0) is 4.74 Å². The summed E-state index contributed by atoms with van der Waals surface area (Å²) in [7, 11) is 0. The summed E-state index contributed by atoms with van der Waals surface area (Å²) in [4.78, 5) is 31.3. The van der Waals surface area contributed by atoms with Crippen molar-refractivity contribution in [1.82, 2.24) is 14.9 Å². The van der Waals surface area contributed by atoms with E-state index in [2.05, 4.69) is 45.7 Å². The van der Waals surface area contributed by atoms with E-state index in [0.29, 0.717) is 13.1 Å². The number of aromatic nitrogens is 2. The van der Waals surface area contributed by atoms with Crippen molar-refractivity contribution in [1.29, 1.82) is 0 Å². The molecule has 0 spiro atoms. The molecule has 1 amide bonds. The Balaban J connectivity index is 1.71. The van der Waals surface area contributed by atoms with Crippen molar-refractivity contribution < 1.29 is 9.53 Å². The normalized spacial score (nSPS) is 25.5. The van der Waals surface area contributed by atoms with Crippen LogP contribution < -0.4 is 4.90 Å². The van der Waals surface area contributed by atoms with Gasteiger partial charge in [0.25, 0.3) is 0 Å². The van der Waals surface area contributed by atoms with E-state index in [4.69, 9.17) is 26.3 Å². The van der Waals surface area contributed by atoms with Crippen LogP contribution in [-0.4, -0.2) is 63.5 Å². The van der Waals surface area contributed by atoms with Crippen LogP contribution >= 0.6 is 27.5 Å². The van der Waals surface area contributed by atoms with Crippen molar-refractivity contribution >= 4 is 56.8 Å². The number of ether oxygens (including phenoxy) is 1. The van der Waals surface area contributed by atoms with E-state index in [1.807, 2.05) is 38.7 Å². The van der Waals surface area contributed by atoms with Gasteiger partial charge in [-0.3, -0.25) is 9.89 Å². The van der Waals surface area contributed by atoms with E-state index in [-0.39, 0.29) is 29.5 Å². The molecule has 1 aromatic rings. The third-order valence-electron chi connectivity index (χ3n) is 6.52. The van der Waals surface area contributed by atoms with Gasteiger partial charge in [-0.25, -0.2) is 9.78 Å². The first-order chi connectivity index (χ1) is 16.0. The van der Waals surface area contributed by atoms with Crippen LogP contribution in [0.25, 0.3) is 11.6 Å². The van der Waals surface area contributed by atoms with Gasteiger partial charge >= 0.3 is 6.09 Å². The molecule has 3 atom stereocenters. The fraction of sp³-hybridized carbons (Fsp3) is 0.600. The topological polar surface area (TPSA) is 70.9 Å². The van der Waals surface area contributed by atoms with E-state index >= 15 is 0 Å². The van der Waals surface area contributed by atoms with Crippen molar-refractivity contribution in [3.05, 3.63) is 27.1 Å². The number of rotatable bonds is 3. The van der Waals surface area contributed by atoms with Gasteiger partial charge in [0, 0.05) is 29.2 Å². The Labute approximate surface area is 215 Å². The second-order valence-electron chi connectivity index (χ2n) is 10.2.